The minimum Gasteiger partial charge on any atom is -0.389 e. The molecule has 0 fully saturated rings. The van der Waals surface area contributed by atoms with Crippen molar-refractivity contribution in [2.24, 2.45) is 5.73 Å². The van der Waals surface area contributed by atoms with Gasteiger partial charge in [0.2, 0.25) is 0 Å². The number of nitrogens with one attached hydrogen (secondary N) is 1. The van der Waals surface area contributed by atoms with E-state index < -0.39 is 22.2 Å². The minimum atomic E-state index is -4.66. The van der Waals surface area contributed by atoms with Crippen LogP contribution in [-0.4, -0.2) is 22.8 Å². The summed E-state index contributed by atoms with van der Waals surface area (Å²) < 4.78 is 74.2. The number of nitrogens with two attached hydrogens (primary N) is 1. The Morgan fingerprint density at radius 3 is 2.29 bits per heavy atom. The summed E-state index contributed by atoms with van der Waals surface area (Å²) in [7, 11) is 0. The second-order valence-electron chi connectivity index (χ2n) is 3.84. The van der Waals surface area contributed by atoms with E-state index in [2.05, 4.69) is 17.5 Å². The zero-order chi connectivity index (χ0) is 16.3. The van der Waals surface area contributed by atoms with E-state index in [9.17, 15) is 26.3 Å². The first-order valence-electron chi connectivity index (χ1n) is 5.46. The summed E-state index contributed by atoms with van der Waals surface area (Å²) >= 11 is 4.28. The molecule has 1 rings (SSSR count). The molecule has 1 aromatic carbocycles. The average molecular weight is 348 g/mol. The molecular weight excluding hydrogens is 338 g/mol. The van der Waals surface area contributed by atoms with Gasteiger partial charge in [-0.3, -0.25) is 0 Å². The van der Waals surface area contributed by atoms with Crippen molar-refractivity contribution in [2.45, 2.75) is 11.7 Å². The maximum atomic E-state index is 12.8. The third-order valence-corrected chi connectivity index (χ3v) is 3.24. The molecule has 0 atom stereocenters. The first-order valence-corrected chi connectivity index (χ1v) is 6.85. The number of thiocarbonyl (C=S) groups is 1. The summed E-state index contributed by atoms with van der Waals surface area (Å²) in [6, 6.07) is 3.14. The number of halogens is 6. The van der Waals surface area contributed by atoms with E-state index in [0.717, 1.165) is 12.1 Å². The van der Waals surface area contributed by atoms with E-state index in [-0.39, 0.29) is 35.3 Å². The van der Waals surface area contributed by atoms with Crippen molar-refractivity contribution in [3.63, 3.8) is 0 Å². The van der Waals surface area contributed by atoms with Gasteiger partial charge in [0.25, 0.3) is 0 Å². The molecule has 2 nitrogen and oxygen atoms in total. The number of benzene rings is 1. The van der Waals surface area contributed by atoms with Gasteiger partial charge < -0.3 is 11.1 Å². The number of rotatable bonds is 5. The molecule has 21 heavy (non-hydrogen) atoms. The molecule has 10 heteroatoms. The van der Waals surface area contributed by atoms with Crippen molar-refractivity contribution in [1.82, 2.24) is 0 Å². The van der Waals surface area contributed by atoms with E-state index >= 15 is 0 Å². The molecule has 0 aromatic heterocycles. The Kier molecular flexibility index (Phi) is 5.74. The predicted molar refractivity (Wildman–Crippen MR) is 74.3 cm³/mol. The molecule has 0 saturated heterocycles. The van der Waals surface area contributed by atoms with Gasteiger partial charge >= 0.3 is 11.7 Å². The standard InChI is InChI=1S/C11H10F6N2S2/c12-10(13,14)8-5-6(1-2-7(8)9(18)20)19-3-4-21-11(15,16)17/h1-2,5,19H,3-4H2,(H2,18,20). The van der Waals surface area contributed by atoms with Crippen LogP contribution in [0.3, 0.4) is 0 Å². The summed E-state index contributed by atoms with van der Waals surface area (Å²) in [5, 5.41) is 2.49. The van der Waals surface area contributed by atoms with E-state index in [0.29, 0.717) is 0 Å². The first kappa shape index (κ1) is 17.9. The summed E-state index contributed by atoms with van der Waals surface area (Å²) in [4.78, 5) is -0.401. The molecule has 0 spiro atoms. The lowest BCUT2D eigenvalue weighted by molar-refractivity contribution is -0.137. The molecule has 0 aliphatic heterocycles. The second-order valence-corrected chi connectivity index (χ2v) is 5.44. The van der Waals surface area contributed by atoms with E-state index in [1.54, 1.807) is 0 Å². The summed E-state index contributed by atoms with van der Waals surface area (Å²) in [6.07, 6.45) is -4.66. The maximum Gasteiger partial charge on any atom is 0.441 e. The molecule has 0 radical (unpaired) electrons. The Bertz CT molecular complexity index is 512. The van der Waals surface area contributed by atoms with Crippen LogP contribution >= 0.6 is 24.0 Å². The number of hydrogen-bond donors (Lipinski definition) is 2. The van der Waals surface area contributed by atoms with Crippen LogP contribution in [0.2, 0.25) is 0 Å². The summed E-state index contributed by atoms with van der Waals surface area (Å²) in [5.41, 5.74) is -0.457. The summed E-state index contributed by atoms with van der Waals surface area (Å²) in [5.74, 6) is -0.318. The van der Waals surface area contributed by atoms with Crippen molar-refractivity contribution in [3.05, 3.63) is 29.3 Å². The smallest absolute Gasteiger partial charge is 0.389 e. The van der Waals surface area contributed by atoms with Crippen molar-refractivity contribution in [2.75, 3.05) is 17.6 Å². The molecule has 1 aromatic rings. The summed E-state index contributed by atoms with van der Waals surface area (Å²) in [6.45, 7) is -0.131. The van der Waals surface area contributed by atoms with Crippen LogP contribution in [0.15, 0.2) is 18.2 Å². The third-order valence-electron chi connectivity index (χ3n) is 2.29. The van der Waals surface area contributed by atoms with Crippen LogP contribution in [0.25, 0.3) is 0 Å². The van der Waals surface area contributed by atoms with Gasteiger partial charge in [-0.2, -0.15) is 26.3 Å². The SMILES string of the molecule is NC(=S)c1ccc(NCCSC(F)(F)F)cc1C(F)(F)F. The fourth-order valence-corrected chi connectivity index (χ4v) is 2.08. The lowest BCUT2D eigenvalue weighted by atomic mass is 10.1. The van der Waals surface area contributed by atoms with Crippen LogP contribution in [0.5, 0.6) is 0 Å². The lowest BCUT2D eigenvalue weighted by Crippen LogP contribution is -2.18. The second kappa shape index (κ2) is 6.73. The van der Waals surface area contributed by atoms with E-state index in [4.69, 9.17) is 5.73 Å². The average Bonchev–Trinajstić information content (AvgIpc) is 2.32. The monoisotopic (exact) mass is 348 g/mol. The molecule has 0 heterocycles. The lowest BCUT2D eigenvalue weighted by Gasteiger charge is -2.15. The number of alkyl halides is 6. The molecule has 0 bridgehead atoms. The van der Waals surface area contributed by atoms with Gasteiger partial charge in [0.15, 0.2) is 0 Å². The van der Waals surface area contributed by atoms with Crippen LogP contribution in [-0.2, 0) is 6.18 Å². The highest BCUT2D eigenvalue weighted by atomic mass is 32.2. The number of hydrogen-bond acceptors (Lipinski definition) is 3. The Morgan fingerprint density at radius 2 is 1.81 bits per heavy atom. The molecule has 0 aliphatic carbocycles. The van der Waals surface area contributed by atoms with Gasteiger partial charge in [-0.05, 0) is 30.0 Å². The quantitative estimate of drug-likeness (QED) is 0.479. The van der Waals surface area contributed by atoms with Gasteiger partial charge in [-0.25, -0.2) is 0 Å². The molecule has 0 unspecified atom stereocenters. The Morgan fingerprint density at radius 1 is 1.19 bits per heavy atom. The highest BCUT2D eigenvalue weighted by molar-refractivity contribution is 8.00. The maximum absolute atomic E-state index is 12.8. The van der Waals surface area contributed by atoms with Crippen molar-refractivity contribution < 1.29 is 26.3 Å². The van der Waals surface area contributed by atoms with Crippen molar-refractivity contribution in [3.8, 4) is 0 Å². The predicted octanol–water partition coefficient (Wildman–Crippen LogP) is 4.00. The van der Waals surface area contributed by atoms with Crippen LogP contribution in [0.1, 0.15) is 11.1 Å². The van der Waals surface area contributed by atoms with Crippen LogP contribution in [0.4, 0.5) is 32.0 Å². The fourth-order valence-electron chi connectivity index (χ4n) is 1.47. The Hall–Kier alpha value is -1.16. The Balaban J connectivity index is 2.80. The molecule has 0 saturated carbocycles. The van der Waals surface area contributed by atoms with Crippen molar-refractivity contribution in [1.29, 1.82) is 0 Å². The molecular formula is C11H10F6N2S2. The zero-order valence-corrected chi connectivity index (χ0v) is 11.9. The fraction of sp³-hybridized carbons (Fsp3) is 0.364. The van der Waals surface area contributed by atoms with Crippen LogP contribution in [0, 0.1) is 0 Å². The Labute approximate surface area is 126 Å². The van der Waals surface area contributed by atoms with Gasteiger partial charge in [0.1, 0.15) is 4.99 Å². The molecule has 0 amide bonds. The van der Waals surface area contributed by atoms with Crippen molar-refractivity contribution >= 4 is 34.7 Å². The minimum absolute atomic E-state index is 0.0464. The number of anilines is 1. The van der Waals surface area contributed by atoms with Gasteiger partial charge in [-0.15, -0.1) is 0 Å². The first-order chi connectivity index (χ1) is 9.50. The zero-order valence-electron chi connectivity index (χ0n) is 10.3. The van der Waals surface area contributed by atoms with Crippen LogP contribution < -0.4 is 11.1 Å². The van der Waals surface area contributed by atoms with Gasteiger partial charge in [0, 0.05) is 23.5 Å². The van der Waals surface area contributed by atoms with Gasteiger partial charge in [0.05, 0.1) is 5.56 Å². The van der Waals surface area contributed by atoms with Gasteiger partial charge in [-0.1, -0.05) is 12.2 Å². The highest BCUT2D eigenvalue weighted by Crippen LogP contribution is 2.34. The molecule has 0 aliphatic rings. The normalized spacial score (nSPS) is 12.3. The molecule has 118 valence electrons. The molecule has 3 N–H and O–H groups in total. The largest absolute Gasteiger partial charge is 0.441 e. The van der Waals surface area contributed by atoms with E-state index in [1.807, 2.05) is 0 Å². The third kappa shape index (κ3) is 6.00. The highest BCUT2D eigenvalue weighted by Gasteiger charge is 2.34. The van der Waals surface area contributed by atoms with E-state index in [1.165, 1.54) is 6.07 Å². The topological polar surface area (TPSA) is 38.0 Å². The number of thioether (sulfide) groups is 1.